The first-order chi connectivity index (χ1) is 6.43. The standard InChI is InChI=1S/C7H11ClO6/c1-4-7(2,3)13-14-12-6(10)5(9)11-8/h4H2,1-3H3. The smallest absolute Gasteiger partial charge is 0.338 e. The predicted octanol–water partition coefficient (Wildman–Crippen LogP) is 1.28. The predicted molar refractivity (Wildman–Crippen MR) is 44.6 cm³/mol. The number of rotatable bonds is 4. The molecule has 0 aromatic carbocycles. The van der Waals surface area contributed by atoms with Gasteiger partial charge in [-0.2, -0.15) is 4.89 Å². The molecule has 0 aliphatic heterocycles. The van der Waals surface area contributed by atoms with E-state index in [2.05, 4.69) is 31.0 Å². The molecule has 0 radical (unpaired) electrons. The molecule has 0 aromatic rings. The summed E-state index contributed by atoms with van der Waals surface area (Å²) in [5, 5.41) is 4.07. The van der Waals surface area contributed by atoms with Crippen LogP contribution in [-0.2, 0) is 28.7 Å². The molecule has 0 heterocycles. The highest BCUT2D eigenvalue weighted by Gasteiger charge is 2.22. The van der Waals surface area contributed by atoms with E-state index in [1.54, 1.807) is 13.8 Å². The minimum Gasteiger partial charge on any atom is -0.338 e. The van der Waals surface area contributed by atoms with Crippen molar-refractivity contribution in [2.75, 3.05) is 0 Å². The average molecular weight is 227 g/mol. The monoisotopic (exact) mass is 226 g/mol. The van der Waals surface area contributed by atoms with Crippen molar-refractivity contribution in [3.63, 3.8) is 0 Å². The zero-order valence-electron chi connectivity index (χ0n) is 8.03. The quantitative estimate of drug-likeness (QED) is 0.409. The minimum absolute atomic E-state index is 0.620. The number of carbonyl (C=O) groups excluding carboxylic acids is 2. The van der Waals surface area contributed by atoms with Crippen LogP contribution < -0.4 is 0 Å². The van der Waals surface area contributed by atoms with Crippen molar-refractivity contribution < 1.29 is 28.7 Å². The van der Waals surface area contributed by atoms with Crippen LogP contribution in [0.5, 0.6) is 0 Å². The van der Waals surface area contributed by atoms with Crippen molar-refractivity contribution in [3.05, 3.63) is 0 Å². The summed E-state index contributed by atoms with van der Waals surface area (Å²) in [6.45, 7) is 5.26. The first-order valence-electron chi connectivity index (χ1n) is 3.82. The van der Waals surface area contributed by atoms with Gasteiger partial charge >= 0.3 is 11.9 Å². The van der Waals surface area contributed by atoms with E-state index in [-0.39, 0.29) is 0 Å². The summed E-state index contributed by atoms with van der Waals surface area (Å²) >= 11 is 4.60. The fraction of sp³-hybridized carbons (Fsp3) is 0.714. The van der Waals surface area contributed by atoms with E-state index in [1.165, 1.54) is 0 Å². The van der Waals surface area contributed by atoms with Gasteiger partial charge in [0.15, 0.2) is 0 Å². The van der Waals surface area contributed by atoms with Crippen molar-refractivity contribution in [2.24, 2.45) is 0 Å². The summed E-state index contributed by atoms with van der Waals surface area (Å²) in [5.74, 6) is -2.78. The highest BCUT2D eigenvalue weighted by Crippen LogP contribution is 2.13. The van der Waals surface area contributed by atoms with Gasteiger partial charge in [0.2, 0.25) is 0 Å². The lowest BCUT2D eigenvalue weighted by Gasteiger charge is -2.18. The normalized spacial score (nSPS) is 10.9. The van der Waals surface area contributed by atoms with Crippen LogP contribution in [0.25, 0.3) is 0 Å². The lowest BCUT2D eigenvalue weighted by molar-refractivity contribution is -0.515. The van der Waals surface area contributed by atoms with Crippen LogP contribution in [-0.4, -0.2) is 17.5 Å². The molecule has 14 heavy (non-hydrogen) atoms. The molecule has 0 aromatic heterocycles. The largest absolute Gasteiger partial charge is 0.454 e. The summed E-state index contributed by atoms with van der Waals surface area (Å²) in [6, 6.07) is 0. The number of hydrogen-bond acceptors (Lipinski definition) is 6. The molecule has 0 unspecified atom stereocenters. The van der Waals surface area contributed by atoms with Gasteiger partial charge in [0.1, 0.15) is 17.5 Å². The molecule has 0 saturated carbocycles. The van der Waals surface area contributed by atoms with Crippen molar-refractivity contribution in [3.8, 4) is 0 Å². The summed E-state index contributed by atoms with van der Waals surface area (Å²) in [4.78, 5) is 29.5. The molecule has 0 bridgehead atoms. The number of halogens is 1. The highest BCUT2D eigenvalue weighted by atomic mass is 35.5. The molecule has 0 saturated heterocycles. The van der Waals surface area contributed by atoms with Crippen molar-refractivity contribution in [1.82, 2.24) is 0 Å². The highest BCUT2D eigenvalue weighted by molar-refractivity contribution is 6.34. The Morgan fingerprint density at radius 1 is 1.29 bits per heavy atom. The zero-order chi connectivity index (χ0) is 11.2. The fourth-order valence-electron chi connectivity index (χ4n) is 0.264. The van der Waals surface area contributed by atoms with Gasteiger partial charge in [0, 0.05) is 0 Å². The van der Waals surface area contributed by atoms with E-state index in [0.29, 0.717) is 6.42 Å². The first-order valence-corrected chi connectivity index (χ1v) is 4.13. The Balaban J connectivity index is 3.75. The molecule has 0 N–H and O–H groups in total. The second-order valence-corrected chi connectivity index (χ2v) is 3.15. The van der Waals surface area contributed by atoms with Gasteiger partial charge in [-0.1, -0.05) is 6.92 Å². The molecular formula is C7H11ClO6. The Kier molecular flexibility index (Phi) is 5.44. The number of carbonyl (C=O) groups is 2. The lowest BCUT2D eigenvalue weighted by atomic mass is 10.1. The third-order valence-corrected chi connectivity index (χ3v) is 1.60. The van der Waals surface area contributed by atoms with Crippen LogP contribution in [0.1, 0.15) is 27.2 Å². The Morgan fingerprint density at radius 3 is 2.29 bits per heavy atom. The number of hydrogen-bond donors (Lipinski definition) is 0. The average Bonchev–Trinajstić information content (AvgIpc) is 2.16. The maximum Gasteiger partial charge on any atom is 0.454 e. The molecule has 0 fully saturated rings. The Bertz CT molecular complexity index is 214. The molecule has 82 valence electrons. The Morgan fingerprint density at radius 2 is 1.86 bits per heavy atom. The molecule has 0 spiro atoms. The Labute approximate surface area is 86.0 Å². The van der Waals surface area contributed by atoms with Gasteiger partial charge in [0.05, 0.1) is 0 Å². The molecular weight excluding hydrogens is 216 g/mol. The topological polar surface area (TPSA) is 71.1 Å². The third kappa shape index (κ3) is 5.00. The second kappa shape index (κ2) is 5.79. The maximum absolute atomic E-state index is 10.6. The van der Waals surface area contributed by atoms with Crippen LogP contribution in [0.4, 0.5) is 0 Å². The molecule has 0 aliphatic carbocycles. The van der Waals surface area contributed by atoms with E-state index < -0.39 is 17.5 Å². The molecule has 7 heteroatoms. The molecule has 0 rings (SSSR count). The van der Waals surface area contributed by atoms with Crippen LogP contribution in [0, 0.1) is 0 Å². The molecule has 6 nitrogen and oxygen atoms in total. The van der Waals surface area contributed by atoms with E-state index in [1.807, 2.05) is 6.92 Å². The zero-order valence-corrected chi connectivity index (χ0v) is 8.79. The van der Waals surface area contributed by atoms with Gasteiger partial charge in [-0.15, -0.1) is 0 Å². The van der Waals surface area contributed by atoms with E-state index in [0.717, 1.165) is 0 Å². The van der Waals surface area contributed by atoms with E-state index in [9.17, 15) is 9.59 Å². The minimum atomic E-state index is -1.40. The molecule has 0 atom stereocenters. The lowest BCUT2D eigenvalue weighted by Crippen LogP contribution is -2.26. The van der Waals surface area contributed by atoms with Crippen molar-refractivity contribution in [2.45, 2.75) is 32.8 Å². The summed E-state index contributed by atoms with van der Waals surface area (Å²) in [5.41, 5.74) is -0.620. The second-order valence-electron chi connectivity index (χ2n) is 3.00. The van der Waals surface area contributed by atoms with Gasteiger partial charge < -0.3 is 4.29 Å². The first kappa shape index (κ1) is 13.2. The van der Waals surface area contributed by atoms with Crippen LogP contribution in [0.2, 0.25) is 0 Å². The third-order valence-electron chi connectivity index (χ3n) is 1.46. The summed E-state index contributed by atoms with van der Waals surface area (Å²) in [6.07, 6.45) is 0.629. The SMILES string of the molecule is CCC(C)(C)OOOC(=O)C(=O)OCl. The Hall–Kier alpha value is -0.850. The fourth-order valence-corrected chi connectivity index (χ4v) is 0.327. The van der Waals surface area contributed by atoms with E-state index >= 15 is 0 Å². The summed E-state index contributed by atoms with van der Waals surface area (Å²) in [7, 11) is 0. The van der Waals surface area contributed by atoms with Crippen molar-refractivity contribution in [1.29, 1.82) is 0 Å². The van der Waals surface area contributed by atoms with Crippen LogP contribution in [0.3, 0.4) is 0 Å². The van der Waals surface area contributed by atoms with E-state index in [4.69, 9.17) is 0 Å². The van der Waals surface area contributed by atoms with Gasteiger partial charge in [0.25, 0.3) is 0 Å². The van der Waals surface area contributed by atoms with Crippen LogP contribution >= 0.6 is 11.9 Å². The van der Waals surface area contributed by atoms with Crippen LogP contribution in [0.15, 0.2) is 0 Å². The summed E-state index contributed by atoms with van der Waals surface area (Å²) < 4.78 is 3.54. The van der Waals surface area contributed by atoms with Gasteiger partial charge in [-0.25, -0.2) is 9.59 Å². The molecule has 0 aliphatic rings. The van der Waals surface area contributed by atoms with Gasteiger partial charge in [-0.3, -0.25) is 4.89 Å². The van der Waals surface area contributed by atoms with Crippen molar-refractivity contribution >= 4 is 23.8 Å². The van der Waals surface area contributed by atoms with Gasteiger partial charge in [-0.05, 0) is 25.3 Å². The molecule has 0 amide bonds. The maximum atomic E-state index is 10.6.